The molecule has 0 bridgehead atoms. The molecule has 1 N–H and O–H groups in total. The molecule has 9 heteroatoms. The molecule has 1 saturated heterocycles. The normalized spacial score (nSPS) is 19.7. The molecule has 0 unspecified atom stereocenters. The van der Waals surface area contributed by atoms with Crippen molar-refractivity contribution in [2.24, 2.45) is 0 Å². The van der Waals surface area contributed by atoms with Gasteiger partial charge >= 0.3 is 0 Å². The van der Waals surface area contributed by atoms with Crippen LogP contribution in [0.15, 0.2) is 35.5 Å². The van der Waals surface area contributed by atoms with Crippen LogP contribution in [0.5, 0.6) is 0 Å². The van der Waals surface area contributed by atoms with Gasteiger partial charge in [0.2, 0.25) is 5.91 Å². The van der Waals surface area contributed by atoms with E-state index in [-0.39, 0.29) is 28.7 Å². The highest BCUT2D eigenvalue weighted by molar-refractivity contribution is 8.00. The summed E-state index contributed by atoms with van der Waals surface area (Å²) in [5.74, 6) is 0.868. The zero-order valence-corrected chi connectivity index (χ0v) is 17.1. The molecule has 2 heterocycles. The Morgan fingerprint density at radius 2 is 2.07 bits per heavy atom. The summed E-state index contributed by atoms with van der Waals surface area (Å²) >= 11 is 1.35. The molecule has 1 aliphatic heterocycles. The molecule has 0 saturated carbocycles. The number of thioether (sulfide) groups is 1. The Hall–Kier alpha value is -1.87. The number of hydrogen-bond acceptors (Lipinski definition) is 6. The lowest BCUT2D eigenvalue weighted by molar-refractivity contribution is -0.120. The van der Waals surface area contributed by atoms with Gasteiger partial charge in [-0.2, -0.15) is 0 Å². The van der Waals surface area contributed by atoms with Crippen LogP contribution < -0.4 is 5.32 Å². The fraction of sp³-hybridized carbons (Fsp3) is 0.500. The standard InChI is InChI=1S/C18H24N4O3S2/c1-3-22-16(11-14-7-5-4-6-8-14)20-21-18(22)26-13(2)17(23)19-15-9-10-27(24,25)12-15/h4-8,13,15H,3,9-12H2,1-2H3,(H,19,23)/t13-,15-/m0/s1. The van der Waals surface area contributed by atoms with Crippen molar-refractivity contribution in [2.75, 3.05) is 11.5 Å². The minimum atomic E-state index is -3.01. The summed E-state index contributed by atoms with van der Waals surface area (Å²) in [4.78, 5) is 12.4. The summed E-state index contributed by atoms with van der Waals surface area (Å²) in [6.45, 7) is 4.54. The minimum Gasteiger partial charge on any atom is -0.351 e. The summed E-state index contributed by atoms with van der Waals surface area (Å²) < 4.78 is 25.1. The van der Waals surface area contributed by atoms with Gasteiger partial charge in [0.1, 0.15) is 5.82 Å². The highest BCUT2D eigenvalue weighted by atomic mass is 32.2. The molecule has 1 aromatic heterocycles. The third-order valence-electron chi connectivity index (χ3n) is 4.54. The van der Waals surface area contributed by atoms with Crippen LogP contribution in [-0.2, 0) is 27.6 Å². The Morgan fingerprint density at radius 3 is 2.70 bits per heavy atom. The van der Waals surface area contributed by atoms with E-state index >= 15 is 0 Å². The number of aromatic nitrogens is 3. The fourth-order valence-corrected chi connectivity index (χ4v) is 5.69. The van der Waals surface area contributed by atoms with E-state index in [4.69, 9.17) is 0 Å². The Bertz CT molecular complexity index is 897. The number of nitrogens with zero attached hydrogens (tertiary/aromatic N) is 3. The number of sulfone groups is 1. The molecule has 0 aliphatic carbocycles. The van der Waals surface area contributed by atoms with Crippen LogP contribution in [0.1, 0.15) is 31.7 Å². The summed E-state index contributed by atoms with van der Waals surface area (Å²) in [7, 11) is -3.01. The number of carbonyl (C=O) groups is 1. The summed E-state index contributed by atoms with van der Waals surface area (Å²) in [6.07, 6.45) is 1.17. The number of nitrogens with one attached hydrogen (secondary N) is 1. The van der Waals surface area contributed by atoms with Gasteiger partial charge < -0.3 is 9.88 Å². The molecule has 7 nitrogen and oxygen atoms in total. The average molecular weight is 409 g/mol. The van der Waals surface area contributed by atoms with Crippen molar-refractivity contribution in [2.45, 2.75) is 49.7 Å². The summed E-state index contributed by atoms with van der Waals surface area (Å²) in [5, 5.41) is 11.7. The highest BCUT2D eigenvalue weighted by Crippen LogP contribution is 2.24. The van der Waals surface area contributed by atoms with E-state index in [2.05, 4.69) is 15.5 Å². The molecule has 0 radical (unpaired) electrons. The first-order valence-electron chi connectivity index (χ1n) is 9.01. The predicted molar refractivity (Wildman–Crippen MR) is 105 cm³/mol. The van der Waals surface area contributed by atoms with Gasteiger partial charge in [-0.1, -0.05) is 42.1 Å². The number of amides is 1. The van der Waals surface area contributed by atoms with E-state index in [1.54, 1.807) is 6.92 Å². The molecule has 0 spiro atoms. The van der Waals surface area contributed by atoms with Crippen molar-refractivity contribution >= 4 is 27.5 Å². The lowest BCUT2D eigenvalue weighted by atomic mass is 10.1. The maximum Gasteiger partial charge on any atom is 0.233 e. The lowest BCUT2D eigenvalue weighted by Gasteiger charge is -2.15. The van der Waals surface area contributed by atoms with Gasteiger partial charge in [0.15, 0.2) is 15.0 Å². The molecule has 2 atom stereocenters. The second kappa shape index (κ2) is 8.43. The van der Waals surface area contributed by atoms with Gasteiger partial charge in [0.05, 0.1) is 16.8 Å². The number of carbonyl (C=O) groups excluding carboxylic acids is 1. The first-order chi connectivity index (χ1) is 12.9. The fourth-order valence-electron chi connectivity index (χ4n) is 3.07. The Labute approximate surface area is 163 Å². The topological polar surface area (TPSA) is 93.9 Å². The van der Waals surface area contributed by atoms with E-state index < -0.39 is 9.84 Å². The molecular weight excluding hydrogens is 384 g/mol. The zero-order valence-electron chi connectivity index (χ0n) is 15.5. The quantitative estimate of drug-likeness (QED) is 0.701. The van der Waals surface area contributed by atoms with Crippen LogP contribution in [0.25, 0.3) is 0 Å². The molecule has 27 heavy (non-hydrogen) atoms. The van der Waals surface area contributed by atoms with Gasteiger partial charge in [-0.3, -0.25) is 4.79 Å². The predicted octanol–water partition coefficient (Wildman–Crippen LogP) is 1.67. The number of hydrogen-bond donors (Lipinski definition) is 1. The van der Waals surface area contributed by atoms with Crippen molar-refractivity contribution in [1.29, 1.82) is 0 Å². The monoisotopic (exact) mass is 408 g/mol. The van der Waals surface area contributed by atoms with Crippen molar-refractivity contribution in [1.82, 2.24) is 20.1 Å². The van der Waals surface area contributed by atoms with Crippen LogP contribution >= 0.6 is 11.8 Å². The number of rotatable bonds is 7. The van der Waals surface area contributed by atoms with Crippen molar-refractivity contribution < 1.29 is 13.2 Å². The largest absolute Gasteiger partial charge is 0.351 e. The van der Waals surface area contributed by atoms with Crippen molar-refractivity contribution in [3.8, 4) is 0 Å². The third kappa shape index (κ3) is 5.10. The van der Waals surface area contributed by atoms with Gasteiger partial charge in [0, 0.05) is 19.0 Å². The van der Waals surface area contributed by atoms with E-state index in [9.17, 15) is 13.2 Å². The van der Waals surface area contributed by atoms with E-state index in [1.165, 1.54) is 11.8 Å². The van der Waals surface area contributed by atoms with E-state index in [1.807, 2.05) is 41.8 Å². The van der Waals surface area contributed by atoms with Crippen LogP contribution in [0.3, 0.4) is 0 Å². The average Bonchev–Trinajstić information content (AvgIpc) is 3.17. The second-order valence-electron chi connectivity index (χ2n) is 6.67. The molecule has 1 aromatic carbocycles. The van der Waals surface area contributed by atoms with Crippen molar-refractivity contribution in [3.63, 3.8) is 0 Å². The molecule has 1 amide bonds. The van der Waals surface area contributed by atoms with Gasteiger partial charge in [-0.15, -0.1) is 10.2 Å². The molecule has 146 valence electrons. The molecule has 1 aliphatic rings. The third-order valence-corrected chi connectivity index (χ3v) is 7.39. The maximum absolute atomic E-state index is 12.4. The van der Waals surface area contributed by atoms with Crippen molar-refractivity contribution in [3.05, 3.63) is 41.7 Å². The highest BCUT2D eigenvalue weighted by Gasteiger charge is 2.30. The maximum atomic E-state index is 12.4. The van der Waals surface area contributed by atoms with E-state index in [0.29, 0.717) is 24.5 Å². The Kier molecular flexibility index (Phi) is 6.21. The first kappa shape index (κ1) is 19.9. The molecule has 3 rings (SSSR count). The SMILES string of the molecule is CCn1c(Cc2ccccc2)nnc1S[C@@H](C)C(=O)N[C@H]1CCS(=O)(=O)C1. The van der Waals surface area contributed by atoms with E-state index in [0.717, 1.165) is 11.4 Å². The van der Waals surface area contributed by atoms with Crippen LogP contribution in [0.2, 0.25) is 0 Å². The molecule has 1 fully saturated rings. The minimum absolute atomic E-state index is 0.0303. The van der Waals surface area contributed by atoms with Gasteiger partial charge in [-0.05, 0) is 25.8 Å². The first-order valence-corrected chi connectivity index (χ1v) is 11.7. The van der Waals surface area contributed by atoms with Crippen LogP contribution in [0.4, 0.5) is 0 Å². The number of benzene rings is 1. The van der Waals surface area contributed by atoms with Gasteiger partial charge in [-0.25, -0.2) is 8.42 Å². The molecule has 2 aromatic rings. The summed E-state index contributed by atoms with van der Waals surface area (Å²) in [6, 6.07) is 9.77. The Morgan fingerprint density at radius 1 is 1.33 bits per heavy atom. The zero-order chi connectivity index (χ0) is 19.4. The smallest absolute Gasteiger partial charge is 0.233 e. The van der Waals surface area contributed by atoms with Gasteiger partial charge in [0.25, 0.3) is 0 Å². The van der Waals surface area contributed by atoms with Crippen LogP contribution in [0, 0.1) is 0 Å². The summed E-state index contributed by atoms with van der Waals surface area (Å²) in [5.41, 5.74) is 1.16. The van der Waals surface area contributed by atoms with Crippen LogP contribution in [-0.4, -0.2) is 51.9 Å². The molecular formula is C18H24N4O3S2. The Balaban J connectivity index is 1.63. The lowest BCUT2D eigenvalue weighted by Crippen LogP contribution is -2.40. The second-order valence-corrected chi connectivity index (χ2v) is 10.2.